The summed E-state index contributed by atoms with van der Waals surface area (Å²) < 4.78 is 6.25. The van der Waals surface area contributed by atoms with Crippen LogP contribution in [0.15, 0.2) is 0 Å². The summed E-state index contributed by atoms with van der Waals surface area (Å²) in [5.74, 6) is 1.76. The van der Waals surface area contributed by atoms with Crippen LogP contribution in [0.2, 0.25) is 0 Å². The highest BCUT2D eigenvalue weighted by atomic mass is 16.6. The van der Waals surface area contributed by atoms with E-state index >= 15 is 0 Å². The number of carbonyl (C=O) groups is 1. The molecule has 4 saturated carbocycles. The highest BCUT2D eigenvalue weighted by Crippen LogP contribution is 2.77. The molecule has 1 heterocycles. The van der Waals surface area contributed by atoms with Crippen LogP contribution < -0.4 is 5.32 Å². The molecule has 5 fully saturated rings. The van der Waals surface area contributed by atoms with Crippen molar-refractivity contribution in [2.24, 2.45) is 34.5 Å². The zero-order valence-corrected chi connectivity index (χ0v) is 14.9. The molecule has 1 saturated heterocycles. The molecule has 4 aliphatic carbocycles. The maximum absolute atomic E-state index is 12.7. The molecule has 0 aromatic rings. The van der Waals surface area contributed by atoms with Crippen LogP contribution in [-0.2, 0) is 9.53 Å². The van der Waals surface area contributed by atoms with Crippen LogP contribution in [-0.4, -0.2) is 36.4 Å². The van der Waals surface area contributed by atoms with Gasteiger partial charge in [-0.1, -0.05) is 0 Å². The molecule has 134 valence electrons. The lowest BCUT2D eigenvalue weighted by atomic mass is 9.66. The molecule has 0 bridgehead atoms. The molecule has 4 nitrogen and oxygen atoms in total. The maximum atomic E-state index is 12.7. The zero-order chi connectivity index (χ0) is 16.6. The number of aliphatic hydroxyl groups is 1. The first kappa shape index (κ1) is 15.6. The highest BCUT2D eigenvalue weighted by Gasteiger charge is 2.73. The van der Waals surface area contributed by atoms with Gasteiger partial charge in [-0.2, -0.15) is 0 Å². The smallest absolute Gasteiger partial charge is 0.311 e. The van der Waals surface area contributed by atoms with Crippen LogP contribution >= 0.6 is 0 Å². The van der Waals surface area contributed by atoms with Crippen molar-refractivity contribution in [3.8, 4) is 0 Å². The minimum absolute atomic E-state index is 0.0149. The fraction of sp³-hybridized carbons (Fsp3) is 0.950. The topological polar surface area (TPSA) is 58.6 Å². The summed E-state index contributed by atoms with van der Waals surface area (Å²) in [6, 6.07) is 0. The van der Waals surface area contributed by atoms with E-state index in [4.69, 9.17) is 9.84 Å². The minimum atomic E-state index is -0.244. The molecule has 5 aliphatic rings. The molecule has 2 N–H and O–H groups in total. The van der Waals surface area contributed by atoms with Gasteiger partial charge in [0.15, 0.2) is 0 Å². The van der Waals surface area contributed by atoms with Crippen molar-refractivity contribution in [1.82, 2.24) is 5.32 Å². The first-order valence-electron chi connectivity index (χ1n) is 10.1. The highest BCUT2D eigenvalue weighted by molar-refractivity contribution is 5.76. The number of rotatable bonds is 4. The predicted molar refractivity (Wildman–Crippen MR) is 90.2 cm³/mol. The standard InChI is InChI=1S/C20H31NO3/c1-18-14(13(17(23)24-18)12-21-10-11-22)2-4-19(6-7-19)15-3-5-20(8-9-20)16(15)18/h13-16,21-22H,2-12H2,1H3/t13-,14-,15+,16-,18-/m0/s1. The largest absolute Gasteiger partial charge is 0.458 e. The first-order valence-corrected chi connectivity index (χ1v) is 10.1. The Morgan fingerprint density at radius 1 is 1.08 bits per heavy atom. The van der Waals surface area contributed by atoms with Gasteiger partial charge < -0.3 is 15.2 Å². The Hall–Kier alpha value is -0.610. The molecule has 0 amide bonds. The number of aliphatic hydroxyl groups excluding tert-OH is 1. The second-order valence-corrected chi connectivity index (χ2v) is 9.63. The van der Waals surface area contributed by atoms with E-state index in [0.717, 1.165) is 12.3 Å². The number of hydrogen-bond donors (Lipinski definition) is 2. The van der Waals surface area contributed by atoms with Crippen LogP contribution in [0.5, 0.6) is 0 Å². The van der Waals surface area contributed by atoms with Crippen molar-refractivity contribution in [2.75, 3.05) is 19.7 Å². The van der Waals surface area contributed by atoms with E-state index < -0.39 is 0 Å². The van der Waals surface area contributed by atoms with Gasteiger partial charge in [0.25, 0.3) is 0 Å². The monoisotopic (exact) mass is 333 g/mol. The Kier molecular flexibility index (Phi) is 3.24. The van der Waals surface area contributed by atoms with Gasteiger partial charge in [-0.05, 0) is 75.0 Å². The Morgan fingerprint density at radius 3 is 2.42 bits per heavy atom. The van der Waals surface area contributed by atoms with Crippen LogP contribution in [0.3, 0.4) is 0 Å². The molecule has 0 aromatic carbocycles. The van der Waals surface area contributed by atoms with Crippen LogP contribution in [0, 0.1) is 34.5 Å². The predicted octanol–water partition coefficient (Wildman–Crippen LogP) is 2.50. The number of carbonyl (C=O) groups excluding carboxylic acids is 1. The normalized spacial score (nSPS) is 46.5. The molecule has 24 heavy (non-hydrogen) atoms. The Labute approximate surface area is 144 Å². The van der Waals surface area contributed by atoms with Gasteiger partial charge in [0.1, 0.15) is 5.60 Å². The molecule has 2 spiro atoms. The van der Waals surface area contributed by atoms with Gasteiger partial charge >= 0.3 is 5.97 Å². The quantitative estimate of drug-likeness (QED) is 0.613. The summed E-state index contributed by atoms with van der Waals surface area (Å²) >= 11 is 0. The molecule has 0 radical (unpaired) electrons. The number of esters is 1. The fourth-order valence-corrected chi connectivity index (χ4v) is 7.27. The van der Waals surface area contributed by atoms with Crippen molar-refractivity contribution in [3.63, 3.8) is 0 Å². The number of hydrogen-bond acceptors (Lipinski definition) is 4. The lowest BCUT2D eigenvalue weighted by molar-refractivity contribution is -0.158. The third kappa shape index (κ3) is 1.96. The van der Waals surface area contributed by atoms with E-state index in [1.54, 1.807) is 0 Å². The van der Waals surface area contributed by atoms with Crippen molar-refractivity contribution in [2.45, 2.75) is 63.9 Å². The minimum Gasteiger partial charge on any atom is -0.458 e. The van der Waals surface area contributed by atoms with Gasteiger partial charge in [0, 0.05) is 24.9 Å². The molecule has 0 aromatic heterocycles. The summed E-state index contributed by atoms with van der Waals surface area (Å²) in [6.45, 7) is 3.64. The third-order valence-corrected chi connectivity index (χ3v) is 8.66. The number of ether oxygens (including phenoxy) is 1. The number of nitrogens with one attached hydrogen (secondary N) is 1. The van der Waals surface area contributed by atoms with E-state index in [9.17, 15) is 4.79 Å². The van der Waals surface area contributed by atoms with Gasteiger partial charge in [0.2, 0.25) is 0 Å². The fourth-order valence-electron chi connectivity index (χ4n) is 7.27. The summed E-state index contributed by atoms with van der Waals surface area (Å²) in [4.78, 5) is 12.7. The summed E-state index contributed by atoms with van der Waals surface area (Å²) in [5.41, 5.74) is 0.858. The van der Waals surface area contributed by atoms with E-state index in [-0.39, 0.29) is 24.1 Å². The van der Waals surface area contributed by atoms with E-state index in [2.05, 4.69) is 12.2 Å². The van der Waals surface area contributed by atoms with Gasteiger partial charge in [0.05, 0.1) is 12.5 Å². The summed E-state index contributed by atoms with van der Waals surface area (Å²) in [7, 11) is 0. The SMILES string of the molecule is C[C@]12OC(=O)[C@@H](CNCCO)[C@@H]1CCC1(CC1)[C@@H]1CCC3(CC3)[C@@H]12. The van der Waals surface area contributed by atoms with E-state index in [1.165, 1.54) is 44.9 Å². The molecule has 1 aliphatic heterocycles. The van der Waals surface area contributed by atoms with Crippen LogP contribution in [0.4, 0.5) is 0 Å². The Balaban J connectivity index is 1.48. The Bertz CT molecular complexity index is 553. The summed E-state index contributed by atoms with van der Waals surface area (Å²) in [6.07, 6.45) is 10.7. The molecule has 4 heteroatoms. The maximum Gasteiger partial charge on any atom is 0.311 e. The Morgan fingerprint density at radius 2 is 1.75 bits per heavy atom. The van der Waals surface area contributed by atoms with Crippen molar-refractivity contribution >= 4 is 5.97 Å². The van der Waals surface area contributed by atoms with Crippen molar-refractivity contribution < 1.29 is 14.6 Å². The van der Waals surface area contributed by atoms with Crippen molar-refractivity contribution in [1.29, 1.82) is 0 Å². The second kappa shape index (κ2) is 4.97. The van der Waals surface area contributed by atoms with Crippen LogP contribution in [0.25, 0.3) is 0 Å². The van der Waals surface area contributed by atoms with Gasteiger partial charge in [-0.15, -0.1) is 0 Å². The van der Waals surface area contributed by atoms with E-state index in [1.807, 2.05) is 0 Å². The number of fused-ring (bicyclic) bond motifs is 5. The lowest BCUT2D eigenvalue weighted by Crippen LogP contribution is -2.46. The average Bonchev–Trinajstić information content (AvgIpc) is 3.43. The first-order chi connectivity index (χ1) is 11.5. The average molecular weight is 333 g/mol. The molecule has 5 atom stereocenters. The lowest BCUT2D eigenvalue weighted by Gasteiger charge is -2.41. The van der Waals surface area contributed by atoms with Crippen molar-refractivity contribution in [3.05, 3.63) is 0 Å². The van der Waals surface area contributed by atoms with Crippen LogP contribution in [0.1, 0.15) is 58.3 Å². The van der Waals surface area contributed by atoms with Gasteiger partial charge in [-0.3, -0.25) is 4.79 Å². The molecule has 0 unspecified atom stereocenters. The van der Waals surface area contributed by atoms with Gasteiger partial charge in [-0.25, -0.2) is 0 Å². The molecular weight excluding hydrogens is 302 g/mol. The summed E-state index contributed by atoms with van der Waals surface area (Å²) in [5, 5.41) is 12.3. The zero-order valence-electron chi connectivity index (χ0n) is 14.9. The molecule has 5 rings (SSSR count). The van der Waals surface area contributed by atoms with E-state index in [0.29, 0.717) is 35.8 Å². The third-order valence-electron chi connectivity index (χ3n) is 8.66. The molecular formula is C20H31NO3. The second-order valence-electron chi connectivity index (χ2n) is 9.63.